The fourth-order valence-electron chi connectivity index (χ4n) is 3.36. The van der Waals surface area contributed by atoms with Crippen LogP contribution in [0.25, 0.3) is 0 Å². The average Bonchev–Trinajstić information content (AvgIpc) is 2.94. The van der Waals surface area contributed by atoms with Crippen LogP contribution in [0.5, 0.6) is 0 Å². The molecular weight excluding hydrogens is 516 g/mol. The molecule has 0 radical (unpaired) electrons. The lowest BCUT2D eigenvalue weighted by molar-refractivity contribution is -0.138. The zero-order valence-electron chi connectivity index (χ0n) is 23.2. The van der Waals surface area contributed by atoms with Crippen molar-refractivity contribution in [2.75, 3.05) is 23.8 Å². The minimum absolute atomic E-state index is 0.191. The molecule has 11 heteroatoms. The number of aryl methyl sites for hydroxylation is 1. The van der Waals surface area contributed by atoms with Crippen molar-refractivity contribution in [1.82, 2.24) is 10.6 Å². The van der Waals surface area contributed by atoms with Gasteiger partial charge in [-0.1, -0.05) is 36.8 Å². The summed E-state index contributed by atoms with van der Waals surface area (Å²) in [6.07, 6.45) is 1.88. The third-order valence-electron chi connectivity index (χ3n) is 5.81. The van der Waals surface area contributed by atoms with Crippen LogP contribution in [0, 0.1) is 6.92 Å². The number of rotatable bonds is 12. The molecule has 2 aromatic carbocycles. The number of nitrogens with zero attached hydrogens (tertiary/aromatic N) is 1. The van der Waals surface area contributed by atoms with Gasteiger partial charge in [0, 0.05) is 16.9 Å². The minimum atomic E-state index is -1.25. The number of hydrogen-bond acceptors (Lipinski definition) is 7. The Kier molecular flexibility index (Phi) is 14.4. The van der Waals surface area contributed by atoms with Crippen LogP contribution in [0.2, 0.25) is 0 Å². The number of amides is 3. The van der Waals surface area contributed by atoms with Gasteiger partial charge in [-0.05, 0) is 63.1 Å². The monoisotopic (exact) mass is 554 g/mol. The highest BCUT2D eigenvalue weighted by molar-refractivity contribution is 6.05. The minimum Gasteiger partial charge on any atom is -0.481 e. The van der Waals surface area contributed by atoms with Gasteiger partial charge in [0.05, 0.1) is 19.1 Å². The topological polar surface area (TPSA) is 179 Å². The SMILES string of the molecule is C/C=C(\C)CO.CCC(NC(=O)c1ccc(N)cc1)C(=O)N(CC(=O)NC(C=O)CC(=O)O)c1ccccc1C. The second kappa shape index (κ2) is 17.2. The summed E-state index contributed by atoms with van der Waals surface area (Å²) in [5.41, 5.74) is 8.65. The van der Waals surface area contributed by atoms with Gasteiger partial charge in [-0.15, -0.1) is 0 Å². The summed E-state index contributed by atoms with van der Waals surface area (Å²) in [6, 6.07) is 10.9. The number of anilines is 2. The number of aldehydes is 1. The first-order valence-corrected chi connectivity index (χ1v) is 12.7. The van der Waals surface area contributed by atoms with Gasteiger partial charge in [-0.2, -0.15) is 0 Å². The van der Waals surface area contributed by atoms with E-state index in [0.717, 1.165) is 5.57 Å². The molecule has 0 aliphatic heterocycles. The quantitative estimate of drug-likeness (QED) is 0.150. The summed E-state index contributed by atoms with van der Waals surface area (Å²) in [4.78, 5) is 62.0. The summed E-state index contributed by atoms with van der Waals surface area (Å²) in [6.45, 7) is 7.00. The van der Waals surface area contributed by atoms with Crippen molar-refractivity contribution in [3.63, 3.8) is 0 Å². The summed E-state index contributed by atoms with van der Waals surface area (Å²) in [5, 5.41) is 22.2. The predicted molar refractivity (Wildman–Crippen MR) is 153 cm³/mol. The lowest BCUT2D eigenvalue weighted by Crippen LogP contribution is -2.52. The van der Waals surface area contributed by atoms with Crippen LogP contribution >= 0.6 is 0 Å². The van der Waals surface area contributed by atoms with Gasteiger partial charge < -0.3 is 36.3 Å². The molecule has 3 amide bonds. The number of nitrogens with one attached hydrogen (secondary N) is 2. The van der Waals surface area contributed by atoms with Crippen molar-refractivity contribution in [2.45, 2.75) is 52.6 Å². The Hall–Kier alpha value is -4.51. The van der Waals surface area contributed by atoms with Crippen LogP contribution in [-0.4, -0.2) is 65.4 Å². The van der Waals surface area contributed by atoms with Gasteiger partial charge in [0.25, 0.3) is 5.91 Å². The van der Waals surface area contributed by atoms with Gasteiger partial charge in [0.2, 0.25) is 11.8 Å². The Morgan fingerprint density at radius 1 is 1.05 bits per heavy atom. The van der Waals surface area contributed by atoms with Crippen LogP contribution < -0.4 is 21.3 Å². The molecule has 0 saturated heterocycles. The molecule has 6 N–H and O–H groups in total. The highest BCUT2D eigenvalue weighted by Gasteiger charge is 2.29. The standard InChI is InChI=1S/C24H28N4O6.C5H10O/c1-3-19(27-23(33)16-8-10-17(25)11-9-16)24(34)28(20-7-5-4-6-15(20)2)13-21(30)26-18(14-29)12-22(31)32;1-3-5(2)4-6/h4-11,14,18-19H,3,12-13,25H2,1-2H3,(H,26,30)(H,27,33)(H,31,32);3,6H,4H2,1-2H3/b;5-3+. The fraction of sp³-hybridized carbons (Fsp3) is 0.345. The van der Waals surface area contributed by atoms with E-state index in [0.29, 0.717) is 28.8 Å². The third kappa shape index (κ3) is 11.1. The van der Waals surface area contributed by atoms with Gasteiger partial charge in [0.1, 0.15) is 18.9 Å². The van der Waals surface area contributed by atoms with Crippen molar-refractivity contribution >= 4 is 41.4 Å². The number of benzene rings is 2. The molecule has 2 rings (SSSR count). The molecule has 2 aromatic rings. The van der Waals surface area contributed by atoms with E-state index < -0.39 is 48.7 Å². The summed E-state index contributed by atoms with van der Waals surface area (Å²) >= 11 is 0. The maximum atomic E-state index is 13.5. The van der Waals surface area contributed by atoms with Gasteiger partial charge in [-0.25, -0.2) is 0 Å². The first-order valence-electron chi connectivity index (χ1n) is 12.7. The van der Waals surface area contributed by atoms with Crippen molar-refractivity contribution in [3.8, 4) is 0 Å². The van der Waals surface area contributed by atoms with Gasteiger partial charge in [0.15, 0.2) is 0 Å². The number of carbonyl (C=O) groups excluding carboxylic acids is 4. The second-order valence-electron chi connectivity index (χ2n) is 8.97. The lowest BCUT2D eigenvalue weighted by Gasteiger charge is -2.28. The van der Waals surface area contributed by atoms with Gasteiger partial charge in [-0.3, -0.25) is 19.2 Å². The molecule has 11 nitrogen and oxygen atoms in total. The predicted octanol–water partition coefficient (Wildman–Crippen LogP) is 2.22. The fourth-order valence-corrected chi connectivity index (χ4v) is 3.36. The molecule has 2 atom stereocenters. The third-order valence-corrected chi connectivity index (χ3v) is 5.81. The Balaban J connectivity index is 0.00000120. The van der Waals surface area contributed by atoms with E-state index in [9.17, 15) is 24.0 Å². The molecule has 0 heterocycles. The number of aliphatic hydroxyl groups is 1. The van der Waals surface area contributed by atoms with E-state index in [1.54, 1.807) is 50.2 Å². The maximum Gasteiger partial charge on any atom is 0.305 e. The lowest BCUT2D eigenvalue weighted by atomic mass is 10.1. The number of carboxylic acid groups (broad SMARTS) is 1. The van der Waals surface area contributed by atoms with Crippen LogP contribution in [0.15, 0.2) is 60.2 Å². The summed E-state index contributed by atoms with van der Waals surface area (Å²) in [5.74, 6) is -2.97. The molecule has 2 unspecified atom stereocenters. The first-order chi connectivity index (χ1) is 19.0. The Bertz CT molecular complexity index is 1200. The second-order valence-corrected chi connectivity index (χ2v) is 8.97. The first kappa shape index (κ1) is 33.5. The maximum absolute atomic E-state index is 13.5. The Labute approximate surface area is 234 Å². The molecule has 0 aliphatic carbocycles. The smallest absolute Gasteiger partial charge is 0.305 e. The molecular formula is C29H38N4O7. The molecule has 0 spiro atoms. The number of para-hydroxylation sites is 1. The van der Waals surface area contributed by atoms with E-state index in [4.69, 9.17) is 15.9 Å². The van der Waals surface area contributed by atoms with Crippen LogP contribution in [0.3, 0.4) is 0 Å². The van der Waals surface area contributed by atoms with E-state index in [1.165, 1.54) is 17.0 Å². The summed E-state index contributed by atoms with van der Waals surface area (Å²) in [7, 11) is 0. The zero-order valence-corrected chi connectivity index (χ0v) is 23.2. The van der Waals surface area contributed by atoms with E-state index in [-0.39, 0.29) is 13.0 Å². The van der Waals surface area contributed by atoms with Crippen molar-refractivity contribution < 1.29 is 34.2 Å². The molecule has 40 heavy (non-hydrogen) atoms. The molecule has 216 valence electrons. The summed E-state index contributed by atoms with van der Waals surface area (Å²) < 4.78 is 0. The number of aliphatic hydroxyl groups excluding tert-OH is 1. The number of carbonyl (C=O) groups is 5. The van der Waals surface area contributed by atoms with E-state index >= 15 is 0 Å². The molecule has 0 fully saturated rings. The number of aliphatic carboxylic acids is 1. The Morgan fingerprint density at radius 3 is 2.15 bits per heavy atom. The number of hydrogen-bond donors (Lipinski definition) is 5. The largest absolute Gasteiger partial charge is 0.481 e. The molecule has 0 aromatic heterocycles. The number of nitrogens with two attached hydrogens (primary N) is 1. The Morgan fingerprint density at radius 2 is 1.68 bits per heavy atom. The number of carboxylic acids is 1. The average molecular weight is 555 g/mol. The van der Waals surface area contributed by atoms with Crippen LogP contribution in [0.4, 0.5) is 11.4 Å². The van der Waals surface area contributed by atoms with Crippen molar-refractivity contribution in [2.24, 2.45) is 0 Å². The van der Waals surface area contributed by atoms with Crippen molar-refractivity contribution in [3.05, 3.63) is 71.3 Å². The van der Waals surface area contributed by atoms with Crippen LogP contribution in [0.1, 0.15) is 49.5 Å². The number of allylic oxidation sites excluding steroid dienone is 1. The molecule has 0 aliphatic rings. The highest BCUT2D eigenvalue weighted by Crippen LogP contribution is 2.21. The highest BCUT2D eigenvalue weighted by atomic mass is 16.4. The van der Waals surface area contributed by atoms with Crippen LogP contribution in [-0.2, 0) is 19.2 Å². The van der Waals surface area contributed by atoms with E-state index in [1.807, 2.05) is 19.9 Å². The van der Waals surface area contributed by atoms with E-state index in [2.05, 4.69) is 10.6 Å². The molecule has 0 saturated carbocycles. The van der Waals surface area contributed by atoms with Crippen molar-refractivity contribution in [1.29, 1.82) is 0 Å². The van der Waals surface area contributed by atoms with Gasteiger partial charge >= 0.3 is 5.97 Å². The zero-order chi connectivity index (χ0) is 30.2. The number of nitrogen functional groups attached to an aromatic ring is 1. The normalized spacial score (nSPS) is 12.2. The molecule has 0 bridgehead atoms.